The molecule has 2 heterocycles. The van der Waals surface area contributed by atoms with E-state index in [1.807, 2.05) is 12.5 Å². The first-order valence-corrected chi connectivity index (χ1v) is 7.66. The Kier molecular flexibility index (Phi) is 4.99. The smallest absolute Gasteiger partial charge is 0.0951 e. The number of hydrogen-bond acceptors (Lipinski definition) is 3. The molecule has 2 N–H and O–H groups in total. The van der Waals surface area contributed by atoms with E-state index in [4.69, 9.17) is 5.73 Å². The molecule has 0 aromatic carbocycles. The topological polar surface area (TPSA) is 47.1 Å². The minimum Gasteiger partial charge on any atom is -0.331 e. The van der Waals surface area contributed by atoms with E-state index >= 15 is 0 Å². The molecule has 2 unspecified atom stereocenters. The van der Waals surface area contributed by atoms with Crippen LogP contribution in [0.25, 0.3) is 0 Å². The van der Waals surface area contributed by atoms with Crippen LogP contribution in [0, 0.1) is 0 Å². The van der Waals surface area contributed by atoms with Crippen LogP contribution in [0.1, 0.15) is 64.2 Å². The summed E-state index contributed by atoms with van der Waals surface area (Å²) in [6.45, 7) is 8.94. The van der Waals surface area contributed by atoms with Crippen LogP contribution in [0.5, 0.6) is 0 Å². The Bertz CT molecular complexity index is 385. The van der Waals surface area contributed by atoms with Gasteiger partial charge in [0, 0.05) is 18.3 Å². The number of aromatic nitrogens is 2. The van der Waals surface area contributed by atoms with Crippen LogP contribution < -0.4 is 5.73 Å². The van der Waals surface area contributed by atoms with E-state index in [0.29, 0.717) is 12.1 Å². The second kappa shape index (κ2) is 6.53. The van der Waals surface area contributed by atoms with Crippen LogP contribution >= 0.6 is 0 Å². The highest BCUT2D eigenvalue weighted by atomic mass is 15.2. The Morgan fingerprint density at radius 2 is 2.21 bits per heavy atom. The Morgan fingerprint density at radius 3 is 2.89 bits per heavy atom. The van der Waals surface area contributed by atoms with Crippen molar-refractivity contribution in [1.82, 2.24) is 14.5 Å². The third-order valence-electron chi connectivity index (χ3n) is 4.10. The van der Waals surface area contributed by atoms with E-state index in [9.17, 15) is 0 Å². The molecule has 0 radical (unpaired) electrons. The Balaban J connectivity index is 2.31. The molecular weight excluding hydrogens is 236 g/mol. The lowest BCUT2D eigenvalue weighted by atomic mass is 10.0. The van der Waals surface area contributed by atoms with Crippen LogP contribution in [0.2, 0.25) is 0 Å². The van der Waals surface area contributed by atoms with Gasteiger partial charge in [-0.15, -0.1) is 0 Å². The zero-order valence-corrected chi connectivity index (χ0v) is 12.5. The number of hydrogen-bond donors (Lipinski definition) is 1. The van der Waals surface area contributed by atoms with E-state index in [1.54, 1.807) is 0 Å². The quantitative estimate of drug-likeness (QED) is 0.909. The van der Waals surface area contributed by atoms with E-state index < -0.39 is 0 Å². The fourth-order valence-corrected chi connectivity index (χ4v) is 3.18. The molecule has 1 aromatic heterocycles. The molecule has 0 aliphatic carbocycles. The fraction of sp³-hybridized carbons (Fsp3) is 0.800. The van der Waals surface area contributed by atoms with Gasteiger partial charge >= 0.3 is 0 Å². The molecule has 1 aromatic rings. The SMILES string of the molecule is CCCN1CCCCC(N)C1c1cncn1C(C)C. The van der Waals surface area contributed by atoms with Gasteiger partial charge in [-0.05, 0) is 46.2 Å². The highest BCUT2D eigenvalue weighted by molar-refractivity contribution is 5.11. The molecule has 1 fully saturated rings. The van der Waals surface area contributed by atoms with Gasteiger partial charge in [0.25, 0.3) is 0 Å². The fourth-order valence-electron chi connectivity index (χ4n) is 3.18. The Morgan fingerprint density at radius 1 is 1.42 bits per heavy atom. The summed E-state index contributed by atoms with van der Waals surface area (Å²) < 4.78 is 2.28. The minimum atomic E-state index is 0.225. The summed E-state index contributed by atoms with van der Waals surface area (Å²) in [5.41, 5.74) is 7.77. The van der Waals surface area contributed by atoms with Crippen molar-refractivity contribution >= 4 is 0 Å². The first-order valence-electron chi connectivity index (χ1n) is 7.66. The first kappa shape index (κ1) is 14.5. The van der Waals surface area contributed by atoms with Gasteiger partial charge < -0.3 is 10.3 Å². The number of imidazole rings is 1. The molecule has 108 valence electrons. The van der Waals surface area contributed by atoms with Gasteiger partial charge in [-0.1, -0.05) is 13.3 Å². The zero-order valence-electron chi connectivity index (χ0n) is 12.5. The van der Waals surface area contributed by atoms with Crippen molar-refractivity contribution in [2.45, 2.75) is 64.6 Å². The largest absolute Gasteiger partial charge is 0.331 e. The lowest BCUT2D eigenvalue weighted by Gasteiger charge is -2.34. The monoisotopic (exact) mass is 264 g/mol. The average molecular weight is 264 g/mol. The van der Waals surface area contributed by atoms with Crippen LogP contribution in [0.15, 0.2) is 12.5 Å². The number of likely N-dealkylation sites (tertiary alicyclic amines) is 1. The van der Waals surface area contributed by atoms with E-state index in [0.717, 1.165) is 19.5 Å². The van der Waals surface area contributed by atoms with E-state index in [2.05, 4.69) is 35.2 Å². The minimum absolute atomic E-state index is 0.225. The van der Waals surface area contributed by atoms with Crippen LogP contribution in [-0.2, 0) is 0 Å². The van der Waals surface area contributed by atoms with Gasteiger partial charge in [0.05, 0.1) is 18.1 Å². The molecule has 0 spiro atoms. The number of nitrogens with zero attached hydrogens (tertiary/aromatic N) is 3. The molecule has 2 rings (SSSR count). The van der Waals surface area contributed by atoms with Gasteiger partial charge in [-0.3, -0.25) is 4.90 Å². The summed E-state index contributed by atoms with van der Waals surface area (Å²) in [4.78, 5) is 6.92. The molecule has 0 bridgehead atoms. The molecule has 4 nitrogen and oxygen atoms in total. The van der Waals surface area contributed by atoms with Crippen molar-refractivity contribution < 1.29 is 0 Å². The van der Waals surface area contributed by atoms with Crippen LogP contribution in [0.4, 0.5) is 0 Å². The van der Waals surface area contributed by atoms with Crippen molar-refractivity contribution in [1.29, 1.82) is 0 Å². The van der Waals surface area contributed by atoms with Gasteiger partial charge in [-0.25, -0.2) is 4.98 Å². The molecule has 1 saturated heterocycles. The van der Waals surface area contributed by atoms with Gasteiger partial charge in [0.15, 0.2) is 0 Å². The molecule has 4 heteroatoms. The zero-order chi connectivity index (χ0) is 13.8. The maximum absolute atomic E-state index is 6.48. The summed E-state index contributed by atoms with van der Waals surface area (Å²) in [5.74, 6) is 0. The lowest BCUT2D eigenvalue weighted by molar-refractivity contribution is 0.176. The van der Waals surface area contributed by atoms with Crippen LogP contribution in [-0.4, -0.2) is 33.6 Å². The third-order valence-corrected chi connectivity index (χ3v) is 4.10. The normalized spacial score (nSPS) is 25.7. The standard InChI is InChI=1S/C15H28N4/c1-4-8-18-9-6-5-7-13(16)15(18)14-10-17-11-19(14)12(2)3/h10-13,15H,4-9,16H2,1-3H3. The van der Waals surface area contributed by atoms with Crippen molar-refractivity contribution in [2.75, 3.05) is 13.1 Å². The van der Waals surface area contributed by atoms with E-state index in [-0.39, 0.29) is 6.04 Å². The molecule has 0 saturated carbocycles. The third kappa shape index (κ3) is 3.18. The highest BCUT2D eigenvalue weighted by Crippen LogP contribution is 2.30. The molecule has 0 amide bonds. The predicted octanol–water partition coefficient (Wildman–Crippen LogP) is 2.73. The predicted molar refractivity (Wildman–Crippen MR) is 79.0 cm³/mol. The highest BCUT2D eigenvalue weighted by Gasteiger charge is 2.30. The van der Waals surface area contributed by atoms with Crippen LogP contribution in [0.3, 0.4) is 0 Å². The Hall–Kier alpha value is -0.870. The molecule has 2 atom stereocenters. The maximum atomic E-state index is 6.48. The molecule has 1 aliphatic rings. The number of rotatable bonds is 4. The van der Waals surface area contributed by atoms with Crippen molar-refractivity contribution in [2.24, 2.45) is 5.73 Å². The summed E-state index contributed by atoms with van der Waals surface area (Å²) in [5, 5.41) is 0. The van der Waals surface area contributed by atoms with Gasteiger partial charge in [0.1, 0.15) is 0 Å². The second-order valence-corrected chi connectivity index (χ2v) is 5.96. The van der Waals surface area contributed by atoms with Gasteiger partial charge in [-0.2, -0.15) is 0 Å². The Labute approximate surface area is 117 Å². The molecule has 1 aliphatic heterocycles. The lowest BCUT2D eigenvalue weighted by Crippen LogP contribution is -2.41. The summed E-state index contributed by atoms with van der Waals surface area (Å²) in [6, 6.07) is 0.993. The first-order chi connectivity index (χ1) is 9.15. The molecular formula is C15H28N4. The second-order valence-electron chi connectivity index (χ2n) is 5.96. The molecule has 19 heavy (non-hydrogen) atoms. The van der Waals surface area contributed by atoms with Crippen molar-refractivity contribution in [3.8, 4) is 0 Å². The average Bonchev–Trinajstić information content (AvgIpc) is 2.77. The summed E-state index contributed by atoms with van der Waals surface area (Å²) in [6.07, 6.45) is 8.77. The van der Waals surface area contributed by atoms with Gasteiger partial charge in [0.2, 0.25) is 0 Å². The van der Waals surface area contributed by atoms with E-state index in [1.165, 1.54) is 25.0 Å². The maximum Gasteiger partial charge on any atom is 0.0951 e. The van der Waals surface area contributed by atoms with Crippen molar-refractivity contribution in [3.05, 3.63) is 18.2 Å². The van der Waals surface area contributed by atoms with Crippen molar-refractivity contribution in [3.63, 3.8) is 0 Å². The summed E-state index contributed by atoms with van der Waals surface area (Å²) >= 11 is 0. The number of nitrogens with two attached hydrogens (primary N) is 1. The summed E-state index contributed by atoms with van der Waals surface area (Å²) in [7, 11) is 0.